The standard InChI is InChI=1S/C14H16OSi.C13H22OSi.C9H14OSi.C6H16OSi.C4H12OSi.10CH4/c1-15-16(2,13-9-5-3-6-10-13)14-11-7-4-8-12-14;1-13(2,3)11-7-9-12(10-8-11)15(5,6)14-4;1-10-11(2,3)9-7-5-4-6-8-9;1-5-8(4,6-2)7-3;1-5-6(2,3)4;;;;;;;;;;/h3-12H,1-2H3;7-10H,1-6H3;4-8H,1-3H3;5-6H2,1-4H3;1-4H3;10*1H4. The Morgan fingerprint density at radius 3 is 0.788 bits per heavy atom. The number of hydrogen-bond acceptors (Lipinski definition) is 5. The molecule has 4 rings (SSSR count). The Kier molecular flexibility index (Phi) is 58.6. The molecule has 0 fully saturated rings. The molecule has 0 unspecified atom stereocenters. The summed E-state index contributed by atoms with van der Waals surface area (Å²) >= 11 is 0. The molecule has 0 aliphatic heterocycles. The van der Waals surface area contributed by atoms with E-state index < -0.39 is 41.6 Å². The minimum atomic E-state index is -1.98. The molecule has 0 aromatic heterocycles. The molecule has 0 atom stereocenters. The van der Waals surface area contributed by atoms with Gasteiger partial charge in [-0.15, -0.1) is 0 Å². The highest BCUT2D eigenvalue weighted by Crippen LogP contribution is 2.21. The lowest BCUT2D eigenvalue weighted by molar-refractivity contribution is 0.399. The van der Waals surface area contributed by atoms with Gasteiger partial charge >= 0.3 is 0 Å². The van der Waals surface area contributed by atoms with Gasteiger partial charge in [-0.2, -0.15) is 0 Å². The minimum absolute atomic E-state index is 0. The van der Waals surface area contributed by atoms with E-state index in [1.54, 1.807) is 14.2 Å². The summed E-state index contributed by atoms with van der Waals surface area (Å²) in [7, 11) is 1.55. The molecular formula is C56H120O5Si5. The van der Waals surface area contributed by atoms with Crippen molar-refractivity contribution in [2.75, 3.05) is 35.5 Å². The molecule has 0 saturated heterocycles. The first-order chi connectivity index (χ1) is 26.0. The van der Waals surface area contributed by atoms with Crippen molar-refractivity contribution in [1.29, 1.82) is 0 Å². The molecule has 0 N–H and O–H groups in total. The number of hydrogen-bond donors (Lipinski definition) is 0. The van der Waals surface area contributed by atoms with Crippen LogP contribution in [0.25, 0.3) is 0 Å². The Labute approximate surface area is 423 Å². The van der Waals surface area contributed by atoms with Crippen molar-refractivity contribution < 1.29 is 22.1 Å². The van der Waals surface area contributed by atoms with Crippen LogP contribution in [0.5, 0.6) is 0 Å². The second kappa shape index (κ2) is 42.8. The summed E-state index contributed by atoms with van der Waals surface area (Å²) in [5.41, 5.74) is 1.62. The van der Waals surface area contributed by atoms with Crippen molar-refractivity contribution in [2.45, 2.75) is 185 Å². The molecule has 66 heavy (non-hydrogen) atoms. The average Bonchev–Trinajstić information content (AvgIpc) is 3.21. The number of rotatable bonds is 11. The Morgan fingerprint density at radius 2 is 0.606 bits per heavy atom. The zero-order valence-electron chi connectivity index (χ0n) is 38.9. The molecule has 5 nitrogen and oxygen atoms in total. The fraction of sp³-hybridized carbons (Fsp3) is 0.571. The zero-order chi connectivity index (χ0) is 43.3. The van der Waals surface area contributed by atoms with Gasteiger partial charge in [0, 0.05) is 35.5 Å². The minimum Gasteiger partial charge on any atom is -0.421 e. The molecule has 0 spiro atoms. The maximum atomic E-state index is 5.85. The zero-order valence-corrected chi connectivity index (χ0v) is 43.9. The Morgan fingerprint density at radius 1 is 0.348 bits per heavy atom. The van der Waals surface area contributed by atoms with E-state index in [-0.39, 0.29) is 79.7 Å². The normalized spacial score (nSPS) is 10.2. The summed E-state index contributed by atoms with van der Waals surface area (Å²) in [5.74, 6) is 0. The Balaban J connectivity index is -0.0000000634. The van der Waals surface area contributed by atoms with E-state index in [1.165, 1.54) is 38.4 Å². The third kappa shape index (κ3) is 33.3. The second-order valence-electron chi connectivity index (χ2n) is 17.3. The molecule has 0 saturated carbocycles. The van der Waals surface area contributed by atoms with Gasteiger partial charge in [-0.3, -0.25) is 0 Å². The van der Waals surface area contributed by atoms with Crippen molar-refractivity contribution in [3.05, 3.63) is 121 Å². The van der Waals surface area contributed by atoms with Gasteiger partial charge in [0.1, 0.15) is 0 Å². The topological polar surface area (TPSA) is 46.2 Å². The van der Waals surface area contributed by atoms with Crippen LogP contribution in [0.15, 0.2) is 115 Å². The van der Waals surface area contributed by atoms with Crippen LogP contribution in [0, 0.1) is 0 Å². The van der Waals surface area contributed by atoms with Gasteiger partial charge in [0.25, 0.3) is 8.32 Å². The van der Waals surface area contributed by atoms with Crippen LogP contribution in [0.4, 0.5) is 0 Å². The van der Waals surface area contributed by atoms with E-state index >= 15 is 0 Å². The van der Waals surface area contributed by atoms with Gasteiger partial charge in [0.15, 0.2) is 16.6 Å². The summed E-state index contributed by atoms with van der Waals surface area (Å²) in [4.78, 5) is 0. The van der Waals surface area contributed by atoms with Crippen LogP contribution in [0.1, 0.15) is 114 Å². The molecule has 0 radical (unpaired) electrons. The summed E-state index contributed by atoms with van der Waals surface area (Å²) in [6.07, 6.45) is 0. The van der Waals surface area contributed by atoms with Gasteiger partial charge in [-0.05, 0) is 103 Å². The summed E-state index contributed by atoms with van der Waals surface area (Å²) in [6.45, 7) is 30.9. The van der Waals surface area contributed by atoms with E-state index in [9.17, 15) is 0 Å². The van der Waals surface area contributed by atoms with Gasteiger partial charge < -0.3 is 22.1 Å². The van der Waals surface area contributed by atoms with E-state index in [2.05, 4.69) is 191 Å². The van der Waals surface area contributed by atoms with E-state index in [0.29, 0.717) is 0 Å². The third-order valence-corrected chi connectivity index (χ3v) is 25.0. The van der Waals surface area contributed by atoms with Crippen molar-refractivity contribution in [3.8, 4) is 0 Å². The van der Waals surface area contributed by atoms with Gasteiger partial charge in [-0.1, -0.05) is 224 Å². The van der Waals surface area contributed by atoms with Gasteiger partial charge in [0.2, 0.25) is 16.6 Å². The van der Waals surface area contributed by atoms with Crippen LogP contribution >= 0.6 is 0 Å². The lowest BCUT2D eigenvalue weighted by Gasteiger charge is -2.26. The molecular weight excluding hydrogens is 893 g/mol. The highest BCUT2D eigenvalue weighted by atomic mass is 28.4. The fourth-order valence-corrected chi connectivity index (χ4v) is 10.9. The Hall–Kier alpha value is -2.24. The Bertz CT molecular complexity index is 1520. The highest BCUT2D eigenvalue weighted by molar-refractivity contribution is 6.96. The lowest BCUT2D eigenvalue weighted by atomic mass is 9.87. The molecule has 0 amide bonds. The molecule has 0 aliphatic carbocycles. The van der Waals surface area contributed by atoms with E-state index in [4.69, 9.17) is 22.1 Å². The largest absolute Gasteiger partial charge is 0.421 e. The van der Waals surface area contributed by atoms with Crippen LogP contribution < -0.4 is 20.7 Å². The predicted octanol–water partition coefficient (Wildman–Crippen LogP) is 16.9. The average molecular weight is 1010 g/mol. The first-order valence-electron chi connectivity index (χ1n) is 20.0. The maximum absolute atomic E-state index is 5.85. The van der Waals surface area contributed by atoms with Crippen LogP contribution in [0.2, 0.25) is 71.0 Å². The quantitative estimate of drug-likeness (QED) is 0.140. The molecule has 4 aromatic rings. The molecule has 0 bridgehead atoms. The first kappa shape index (κ1) is 90.2. The van der Waals surface area contributed by atoms with Gasteiger partial charge in [-0.25, -0.2) is 0 Å². The highest BCUT2D eigenvalue weighted by Gasteiger charge is 2.32. The molecule has 0 aliphatic rings. The van der Waals surface area contributed by atoms with Crippen LogP contribution in [0.3, 0.4) is 0 Å². The summed E-state index contributed by atoms with van der Waals surface area (Å²) < 4.78 is 27.4. The van der Waals surface area contributed by atoms with Crippen molar-refractivity contribution in [3.63, 3.8) is 0 Å². The van der Waals surface area contributed by atoms with Crippen molar-refractivity contribution in [2.24, 2.45) is 0 Å². The van der Waals surface area contributed by atoms with E-state index in [1.807, 2.05) is 39.5 Å². The van der Waals surface area contributed by atoms with Crippen molar-refractivity contribution >= 4 is 62.3 Å². The van der Waals surface area contributed by atoms with Crippen molar-refractivity contribution in [1.82, 2.24) is 0 Å². The van der Waals surface area contributed by atoms with Crippen LogP contribution in [-0.2, 0) is 27.5 Å². The second-order valence-corrected chi connectivity index (χ2v) is 38.3. The fourth-order valence-electron chi connectivity index (χ4n) is 4.90. The van der Waals surface area contributed by atoms with E-state index in [0.717, 1.165) is 0 Å². The molecule has 0 heterocycles. The number of benzene rings is 4. The summed E-state index contributed by atoms with van der Waals surface area (Å²) in [5, 5.41) is 5.33. The van der Waals surface area contributed by atoms with Gasteiger partial charge in [0.05, 0.1) is 0 Å². The lowest BCUT2D eigenvalue weighted by Crippen LogP contribution is -2.57. The smallest absolute Gasteiger partial charge is 0.252 e. The molecule has 10 heteroatoms. The maximum Gasteiger partial charge on any atom is 0.252 e. The summed E-state index contributed by atoms with van der Waals surface area (Å²) in [6, 6.07) is 42.8. The van der Waals surface area contributed by atoms with Crippen LogP contribution in [-0.4, -0.2) is 77.1 Å². The third-order valence-electron chi connectivity index (χ3n) is 10.6. The predicted molar refractivity (Wildman–Crippen MR) is 328 cm³/mol. The first-order valence-corrected chi connectivity index (χ1v) is 34.4. The SMILES string of the molecule is C.C.C.C.C.C.C.C.C.C.CC[Si](C)(CC)OC.CO[Si](C)(C)C.CO[Si](C)(C)c1ccc(C(C)(C)C)cc1.CO[Si](C)(C)c1ccccc1.CO[Si](C)(c1ccccc1)c1ccccc1. The molecule has 394 valence electrons. The monoisotopic (exact) mass is 1010 g/mol. The molecule has 4 aromatic carbocycles.